The number of alkyl halides is 2. The van der Waals surface area contributed by atoms with Crippen molar-refractivity contribution in [1.82, 2.24) is 15.0 Å². The summed E-state index contributed by atoms with van der Waals surface area (Å²) in [4.78, 5) is 6.53. The zero-order valence-electron chi connectivity index (χ0n) is 15.3. The van der Waals surface area contributed by atoms with Gasteiger partial charge in [-0.05, 0) is 50.1 Å². The molecular formula is C20H19F4N3O. The van der Waals surface area contributed by atoms with E-state index in [0.29, 0.717) is 30.0 Å². The predicted octanol–water partition coefficient (Wildman–Crippen LogP) is 5.13. The maximum absolute atomic E-state index is 13.6. The lowest BCUT2D eigenvalue weighted by Gasteiger charge is -2.32. The van der Waals surface area contributed by atoms with Gasteiger partial charge in [-0.1, -0.05) is 11.2 Å². The molecule has 0 aliphatic carbocycles. The van der Waals surface area contributed by atoms with E-state index < -0.39 is 18.1 Å². The minimum atomic E-state index is -2.65. The lowest BCUT2D eigenvalue weighted by atomic mass is 9.92. The standard InChI is InChI=1S/C20H19F4N3O/c1-11-18-14(19(23)24)8-17(25-20(18)28-26-11)13-3-2-6-27(10-13)9-12-4-5-15(21)16(22)7-12/h4-5,7-8,13,19H,2-3,6,9-10H2,1H3/t13-/m1/s1. The minimum absolute atomic E-state index is 0.0497. The second-order valence-corrected chi connectivity index (χ2v) is 7.21. The molecule has 1 fully saturated rings. The van der Waals surface area contributed by atoms with Crippen molar-refractivity contribution in [2.75, 3.05) is 13.1 Å². The zero-order chi connectivity index (χ0) is 19.8. The van der Waals surface area contributed by atoms with E-state index in [4.69, 9.17) is 4.52 Å². The molecule has 28 heavy (non-hydrogen) atoms. The molecule has 8 heteroatoms. The first-order chi connectivity index (χ1) is 13.4. The molecular weight excluding hydrogens is 374 g/mol. The molecule has 1 aliphatic heterocycles. The Morgan fingerprint density at radius 3 is 2.79 bits per heavy atom. The first kappa shape index (κ1) is 18.9. The van der Waals surface area contributed by atoms with Crippen molar-refractivity contribution in [3.05, 3.63) is 58.4 Å². The Kier molecular flexibility index (Phi) is 5.05. The number of benzene rings is 1. The van der Waals surface area contributed by atoms with Crippen molar-refractivity contribution in [2.45, 2.75) is 38.7 Å². The summed E-state index contributed by atoms with van der Waals surface area (Å²) in [5.41, 5.74) is 1.63. The highest BCUT2D eigenvalue weighted by Crippen LogP contribution is 2.34. The van der Waals surface area contributed by atoms with Crippen molar-refractivity contribution in [3.8, 4) is 0 Å². The van der Waals surface area contributed by atoms with E-state index in [0.717, 1.165) is 25.5 Å². The molecule has 1 aromatic carbocycles. The number of nitrogens with zero attached hydrogens (tertiary/aromatic N) is 3. The zero-order valence-corrected chi connectivity index (χ0v) is 15.3. The third-order valence-corrected chi connectivity index (χ3v) is 5.22. The summed E-state index contributed by atoms with van der Waals surface area (Å²) in [7, 11) is 0. The molecule has 0 radical (unpaired) electrons. The summed E-state index contributed by atoms with van der Waals surface area (Å²) in [6.45, 7) is 3.45. The summed E-state index contributed by atoms with van der Waals surface area (Å²) in [5.74, 6) is -1.80. The molecule has 3 aromatic rings. The van der Waals surface area contributed by atoms with Gasteiger partial charge in [0.15, 0.2) is 11.6 Å². The van der Waals surface area contributed by atoms with Gasteiger partial charge in [-0.25, -0.2) is 22.5 Å². The predicted molar refractivity (Wildman–Crippen MR) is 95.1 cm³/mol. The molecule has 0 bridgehead atoms. The van der Waals surface area contributed by atoms with Crippen molar-refractivity contribution in [3.63, 3.8) is 0 Å². The topological polar surface area (TPSA) is 42.2 Å². The van der Waals surface area contributed by atoms with E-state index in [1.807, 2.05) is 0 Å². The van der Waals surface area contributed by atoms with Crippen LogP contribution in [0.4, 0.5) is 17.6 Å². The molecule has 148 valence electrons. The number of rotatable bonds is 4. The van der Waals surface area contributed by atoms with Crippen LogP contribution >= 0.6 is 0 Å². The number of hydrogen-bond donors (Lipinski definition) is 0. The van der Waals surface area contributed by atoms with Gasteiger partial charge in [-0.3, -0.25) is 4.90 Å². The Bertz CT molecular complexity index is 1000. The minimum Gasteiger partial charge on any atom is -0.336 e. The van der Waals surface area contributed by atoms with Crippen molar-refractivity contribution >= 4 is 11.1 Å². The largest absolute Gasteiger partial charge is 0.336 e. The summed E-state index contributed by atoms with van der Waals surface area (Å²) in [6, 6.07) is 5.31. The number of halogens is 4. The number of hydrogen-bond acceptors (Lipinski definition) is 4. The summed E-state index contributed by atoms with van der Waals surface area (Å²) in [5, 5.41) is 4.04. The molecule has 0 N–H and O–H groups in total. The van der Waals surface area contributed by atoms with Crippen LogP contribution in [0, 0.1) is 18.6 Å². The van der Waals surface area contributed by atoms with E-state index in [1.165, 1.54) is 12.1 Å². The van der Waals surface area contributed by atoms with E-state index >= 15 is 0 Å². The number of fused-ring (bicyclic) bond motifs is 1. The average Bonchev–Trinajstić information content (AvgIpc) is 3.05. The highest BCUT2D eigenvalue weighted by Gasteiger charge is 2.26. The van der Waals surface area contributed by atoms with Crippen LogP contribution in [0.25, 0.3) is 11.1 Å². The second-order valence-electron chi connectivity index (χ2n) is 7.21. The Morgan fingerprint density at radius 2 is 2.04 bits per heavy atom. The Balaban J connectivity index is 1.58. The van der Waals surface area contributed by atoms with E-state index in [2.05, 4.69) is 15.0 Å². The van der Waals surface area contributed by atoms with Gasteiger partial charge in [0.25, 0.3) is 12.1 Å². The van der Waals surface area contributed by atoms with Crippen molar-refractivity contribution in [1.29, 1.82) is 0 Å². The monoisotopic (exact) mass is 393 g/mol. The van der Waals surface area contributed by atoms with E-state index in [9.17, 15) is 17.6 Å². The van der Waals surface area contributed by atoms with Gasteiger partial charge < -0.3 is 4.52 Å². The molecule has 1 atom stereocenters. The molecule has 1 saturated heterocycles. The smallest absolute Gasteiger partial charge is 0.264 e. The molecule has 0 amide bonds. The van der Waals surface area contributed by atoms with Crippen LogP contribution in [0.5, 0.6) is 0 Å². The van der Waals surface area contributed by atoms with Crippen LogP contribution in [-0.4, -0.2) is 28.1 Å². The molecule has 0 unspecified atom stereocenters. The molecule has 2 aromatic heterocycles. The fourth-order valence-electron chi connectivity index (χ4n) is 3.87. The lowest BCUT2D eigenvalue weighted by Crippen LogP contribution is -2.34. The van der Waals surface area contributed by atoms with Gasteiger partial charge in [-0.15, -0.1) is 0 Å². The van der Waals surface area contributed by atoms with Gasteiger partial charge >= 0.3 is 0 Å². The molecule has 0 spiro atoms. The number of piperidine rings is 1. The fourth-order valence-corrected chi connectivity index (χ4v) is 3.87. The van der Waals surface area contributed by atoms with E-state index in [-0.39, 0.29) is 22.6 Å². The van der Waals surface area contributed by atoms with Gasteiger partial charge in [-0.2, -0.15) is 0 Å². The molecule has 3 heterocycles. The highest BCUT2D eigenvalue weighted by molar-refractivity contribution is 5.80. The molecule has 4 nitrogen and oxygen atoms in total. The number of pyridine rings is 1. The quantitative estimate of drug-likeness (QED) is 0.577. The van der Waals surface area contributed by atoms with Crippen LogP contribution in [0.1, 0.15) is 47.7 Å². The van der Waals surface area contributed by atoms with Crippen LogP contribution in [0.15, 0.2) is 28.8 Å². The summed E-state index contributed by atoms with van der Waals surface area (Å²) in [6.07, 6.45) is -0.986. The van der Waals surface area contributed by atoms with Crippen LogP contribution in [0.2, 0.25) is 0 Å². The Labute approximate surface area is 159 Å². The van der Waals surface area contributed by atoms with Crippen molar-refractivity contribution in [2.24, 2.45) is 0 Å². The first-order valence-corrected chi connectivity index (χ1v) is 9.13. The van der Waals surface area contributed by atoms with Crippen LogP contribution in [-0.2, 0) is 6.54 Å². The summed E-state index contributed by atoms with van der Waals surface area (Å²) < 4.78 is 58.8. The number of likely N-dealkylation sites (tertiary alicyclic amines) is 1. The third-order valence-electron chi connectivity index (χ3n) is 5.22. The highest BCUT2D eigenvalue weighted by atomic mass is 19.3. The second kappa shape index (κ2) is 7.50. The SMILES string of the molecule is Cc1noc2nc([C@@H]3CCCN(Cc4ccc(F)c(F)c4)C3)cc(C(F)F)c12. The first-order valence-electron chi connectivity index (χ1n) is 9.13. The maximum Gasteiger partial charge on any atom is 0.264 e. The number of aryl methyl sites for hydroxylation is 1. The molecule has 4 rings (SSSR count). The Morgan fingerprint density at radius 1 is 1.21 bits per heavy atom. The van der Waals surface area contributed by atoms with Gasteiger partial charge in [0.05, 0.1) is 11.1 Å². The van der Waals surface area contributed by atoms with Gasteiger partial charge in [0.1, 0.15) is 0 Å². The fraction of sp³-hybridized carbons (Fsp3) is 0.400. The van der Waals surface area contributed by atoms with E-state index in [1.54, 1.807) is 13.0 Å². The number of aromatic nitrogens is 2. The molecule has 1 aliphatic rings. The Hall–Kier alpha value is -2.48. The maximum atomic E-state index is 13.6. The van der Waals surface area contributed by atoms with Crippen molar-refractivity contribution < 1.29 is 22.1 Å². The third kappa shape index (κ3) is 3.61. The van der Waals surface area contributed by atoms with Gasteiger partial charge in [0.2, 0.25) is 0 Å². The lowest BCUT2D eigenvalue weighted by molar-refractivity contribution is 0.152. The summed E-state index contributed by atoms with van der Waals surface area (Å²) >= 11 is 0. The van der Waals surface area contributed by atoms with Crippen LogP contribution in [0.3, 0.4) is 0 Å². The van der Waals surface area contributed by atoms with Gasteiger partial charge in [0, 0.05) is 30.3 Å². The average molecular weight is 393 g/mol. The normalized spacial score (nSPS) is 18.3. The van der Waals surface area contributed by atoms with Crippen LogP contribution < -0.4 is 0 Å². The molecule has 0 saturated carbocycles.